The summed E-state index contributed by atoms with van der Waals surface area (Å²) in [6.07, 6.45) is 0. The van der Waals surface area contributed by atoms with Crippen molar-refractivity contribution in [1.82, 2.24) is 0 Å². The van der Waals surface area contributed by atoms with Crippen LogP contribution in [-0.4, -0.2) is 25.8 Å². The van der Waals surface area contributed by atoms with Gasteiger partial charge in [-0.3, -0.25) is 0 Å². The summed E-state index contributed by atoms with van der Waals surface area (Å²) in [7, 11) is -3.59. The number of halogens is 1. The van der Waals surface area contributed by atoms with E-state index in [1.165, 1.54) is 12.1 Å². The molecule has 0 aliphatic heterocycles. The molecule has 4 nitrogen and oxygen atoms in total. The van der Waals surface area contributed by atoms with Crippen molar-refractivity contribution < 1.29 is 12.8 Å². The van der Waals surface area contributed by atoms with E-state index in [2.05, 4.69) is 0 Å². The van der Waals surface area contributed by atoms with Crippen molar-refractivity contribution in [2.24, 2.45) is 11.5 Å². The topological polar surface area (TPSA) is 86.2 Å². The first kappa shape index (κ1) is 15.1. The molecule has 1 aliphatic rings. The van der Waals surface area contributed by atoms with Gasteiger partial charge in [-0.15, -0.1) is 0 Å². The molecule has 0 heterocycles. The summed E-state index contributed by atoms with van der Waals surface area (Å²) in [5, 5.41) is -0.794. The summed E-state index contributed by atoms with van der Waals surface area (Å²) in [6, 6.07) is 13.9. The Hall–Kier alpha value is -1.76. The second-order valence-corrected chi connectivity index (χ2v) is 7.69. The van der Waals surface area contributed by atoms with Crippen molar-refractivity contribution in [2.75, 3.05) is 6.54 Å². The predicted octanol–water partition coefficient (Wildman–Crippen LogP) is 1.42. The van der Waals surface area contributed by atoms with E-state index in [4.69, 9.17) is 11.5 Å². The largest absolute Gasteiger partial charge is 0.329 e. The van der Waals surface area contributed by atoms with Crippen LogP contribution >= 0.6 is 0 Å². The zero-order valence-electron chi connectivity index (χ0n) is 11.8. The number of hydrogen-bond acceptors (Lipinski definition) is 4. The first-order chi connectivity index (χ1) is 10.4. The summed E-state index contributed by atoms with van der Waals surface area (Å²) in [6.45, 7) is 0.0474. The van der Waals surface area contributed by atoms with Crippen LogP contribution in [0.5, 0.6) is 0 Å². The van der Waals surface area contributed by atoms with Crippen LogP contribution in [0.1, 0.15) is 11.5 Å². The Bertz CT molecular complexity index is 778. The van der Waals surface area contributed by atoms with Gasteiger partial charge in [-0.25, -0.2) is 12.8 Å². The fourth-order valence-corrected chi connectivity index (χ4v) is 5.39. The molecular formula is C16H17FN2O2S. The van der Waals surface area contributed by atoms with E-state index in [0.717, 1.165) is 0 Å². The van der Waals surface area contributed by atoms with Crippen LogP contribution in [-0.2, 0) is 9.84 Å². The Morgan fingerprint density at radius 2 is 1.64 bits per heavy atom. The quantitative estimate of drug-likeness (QED) is 0.892. The summed E-state index contributed by atoms with van der Waals surface area (Å²) < 4.78 is 38.7. The van der Waals surface area contributed by atoms with Crippen molar-refractivity contribution >= 4 is 9.84 Å². The molecule has 0 saturated heterocycles. The van der Waals surface area contributed by atoms with Gasteiger partial charge < -0.3 is 11.5 Å². The molecule has 1 fully saturated rings. The Labute approximate surface area is 128 Å². The average molecular weight is 320 g/mol. The lowest BCUT2D eigenvalue weighted by Gasteiger charge is -2.08. The summed E-state index contributed by atoms with van der Waals surface area (Å²) >= 11 is 0. The molecule has 3 rings (SSSR count). The highest BCUT2D eigenvalue weighted by Crippen LogP contribution is 2.55. The zero-order chi connectivity index (χ0) is 16.0. The molecule has 3 unspecified atom stereocenters. The molecule has 0 amide bonds. The van der Waals surface area contributed by atoms with Crippen LogP contribution < -0.4 is 11.5 Å². The average Bonchev–Trinajstić information content (AvgIpc) is 3.17. The molecule has 0 aromatic heterocycles. The van der Waals surface area contributed by atoms with Crippen molar-refractivity contribution in [3.05, 3.63) is 66.0 Å². The van der Waals surface area contributed by atoms with Crippen molar-refractivity contribution in [3.8, 4) is 0 Å². The third-order valence-corrected chi connectivity index (χ3v) is 6.60. The Morgan fingerprint density at radius 1 is 1.05 bits per heavy atom. The Balaban J connectivity index is 2.02. The van der Waals surface area contributed by atoms with E-state index in [1.54, 1.807) is 42.5 Å². The van der Waals surface area contributed by atoms with Gasteiger partial charge in [0.15, 0.2) is 9.84 Å². The minimum Gasteiger partial charge on any atom is -0.329 e. The maximum Gasteiger partial charge on any atom is 0.183 e. The summed E-state index contributed by atoms with van der Waals surface area (Å²) in [5.41, 5.74) is 11.6. The van der Waals surface area contributed by atoms with Crippen LogP contribution in [0, 0.1) is 5.82 Å². The molecule has 6 heteroatoms. The fraction of sp³-hybridized carbons (Fsp3) is 0.250. The van der Waals surface area contributed by atoms with E-state index in [-0.39, 0.29) is 17.3 Å². The van der Waals surface area contributed by atoms with E-state index in [1.807, 2.05) is 0 Å². The van der Waals surface area contributed by atoms with Gasteiger partial charge in [-0.05, 0) is 29.8 Å². The van der Waals surface area contributed by atoms with Crippen LogP contribution in [0.15, 0.2) is 59.5 Å². The van der Waals surface area contributed by atoms with Crippen LogP contribution in [0.4, 0.5) is 4.39 Å². The first-order valence-electron chi connectivity index (χ1n) is 6.94. The third-order valence-electron chi connectivity index (χ3n) is 4.29. The third kappa shape index (κ3) is 2.24. The molecule has 1 aliphatic carbocycles. The van der Waals surface area contributed by atoms with Gasteiger partial charge in [-0.2, -0.15) is 0 Å². The molecule has 4 N–H and O–H groups in total. The van der Waals surface area contributed by atoms with Crippen LogP contribution in [0.25, 0.3) is 0 Å². The number of nitrogens with two attached hydrogens (primary N) is 2. The van der Waals surface area contributed by atoms with Gasteiger partial charge in [0, 0.05) is 12.5 Å². The number of sulfone groups is 1. The molecule has 3 atom stereocenters. The second-order valence-electron chi connectivity index (χ2n) is 5.62. The number of hydrogen-bond donors (Lipinski definition) is 2. The minimum absolute atomic E-state index is 0.0474. The van der Waals surface area contributed by atoms with Gasteiger partial charge in [-0.1, -0.05) is 30.3 Å². The molecule has 0 bridgehead atoms. The fourth-order valence-electron chi connectivity index (χ4n) is 3.05. The molecule has 116 valence electrons. The van der Waals surface area contributed by atoms with E-state index in [0.29, 0.717) is 5.56 Å². The smallest absolute Gasteiger partial charge is 0.183 e. The maximum atomic E-state index is 13.1. The molecule has 2 aromatic rings. The van der Waals surface area contributed by atoms with Gasteiger partial charge in [0.05, 0.1) is 15.7 Å². The van der Waals surface area contributed by atoms with Crippen LogP contribution in [0.2, 0.25) is 0 Å². The van der Waals surface area contributed by atoms with E-state index in [9.17, 15) is 12.8 Å². The zero-order valence-corrected chi connectivity index (χ0v) is 12.6. The standard InChI is InChI=1S/C16H17FN2O2S/c17-12-8-6-11(7-9-12)14-15(16(14,19)10-18)22(20,21)13-4-2-1-3-5-13/h1-9,14-15H,10,18-19H2. The monoisotopic (exact) mass is 320 g/mol. The number of benzene rings is 2. The Morgan fingerprint density at radius 3 is 2.18 bits per heavy atom. The van der Waals surface area contributed by atoms with Gasteiger partial charge >= 0.3 is 0 Å². The summed E-state index contributed by atoms with van der Waals surface area (Å²) in [5.74, 6) is -0.800. The molecule has 0 spiro atoms. The summed E-state index contributed by atoms with van der Waals surface area (Å²) in [4.78, 5) is 0.230. The molecule has 0 radical (unpaired) electrons. The maximum absolute atomic E-state index is 13.1. The van der Waals surface area contributed by atoms with Crippen molar-refractivity contribution in [3.63, 3.8) is 0 Å². The van der Waals surface area contributed by atoms with Gasteiger partial charge in [0.1, 0.15) is 5.82 Å². The SMILES string of the molecule is NCC1(N)C(c2ccc(F)cc2)C1S(=O)(=O)c1ccccc1. The minimum atomic E-state index is -3.59. The highest BCUT2D eigenvalue weighted by atomic mass is 32.2. The van der Waals surface area contributed by atoms with Crippen molar-refractivity contribution in [2.45, 2.75) is 21.6 Å². The predicted molar refractivity (Wildman–Crippen MR) is 82.5 cm³/mol. The highest BCUT2D eigenvalue weighted by Gasteiger charge is 2.68. The molecular weight excluding hydrogens is 303 g/mol. The lowest BCUT2D eigenvalue weighted by atomic mass is 10.1. The molecule has 22 heavy (non-hydrogen) atoms. The normalized spacial score (nSPS) is 27.6. The van der Waals surface area contributed by atoms with Gasteiger partial charge in [0.25, 0.3) is 0 Å². The van der Waals surface area contributed by atoms with Crippen LogP contribution in [0.3, 0.4) is 0 Å². The lowest BCUT2D eigenvalue weighted by Crippen LogP contribution is -2.39. The first-order valence-corrected chi connectivity index (χ1v) is 8.49. The molecule has 2 aromatic carbocycles. The lowest BCUT2D eigenvalue weighted by molar-refractivity contribution is 0.586. The number of rotatable bonds is 4. The highest BCUT2D eigenvalue weighted by molar-refractivity contribution is 7.92. The van der Waals surface area contributed by atoms with E-state index < -0.39 is 26.5 Å². The van der Waals surface area contributed by atoms with E-state index >= 15 is 0 Å². The molecule has 1 saturated carbocycles. The van der Waals surface area contributed by atoms with Gasteiger partial charge in [0.2, 0.25) is 0 Å². The van der Waals surface area contributed by atoms with Crippen molar-refractivity contribution in [1.29, 1.82) is 0 Å². The Kier molecular flexibility index (Phi) is 3.55. The second kappa shape index (κ2) is 5.15.